The van der Waals surface area contributed by atoms with Crippen molar-refractivity contribution in [2.24, 2.45) is 0 Å². The predicted octanol–water partition coefficient (Wildman–Crippen LogP) is 2.88. The van der Waals surface area contributed by atoms with E-state index >= 15 is 0 Å². The average molecular weight is 188 g/mol. The first kappa shape index (κ1) is 8.81. The molecule has 0 amide bonds. The van der Waals surface area contributed by atoms with Gasteiger partial charge in [-0.15, -0.1) is 0 Å². The Bertz CT molecular complexity index is 421. The molecule has 1 heterocycles. The molecule has 1 aromatic heterocycles. The van der Waals surface area contributed by atoms with Gasteiger partial charge in [-0.25, -0.2) is 0 Å². The van der Waals surface area contributed by atoms with Crippen LogP contribution in [0.2, 0.25) is 0 Å². The van der Waals surface area contributed by atoms with Crippen molar-refractivity contribution in [3.63, 3.8) is 0 Å². The van der Waals surface area contributed by atoms with E-state index in [-0.39, 0.29) is 6.08 Å². The zero-order chi connectivity index (χ0) is 9.97. The van der Waals surface area contributed by atoms with Gasteiger partial charge in [-0.1, -0.05) is 12.1 Å². The summed E-state index contributed by atoms with van der Waals surface area (Å²) in [6, 6.07) is 5.97. The lowest BCUT2D eigenvalue weighted by molar-refractivity contribution is 0.329. The lowest BCUT2D eigenvalue weighted by Crippen LogP contribution is -1.88. The summed E-state index contributed by atoms with van der Waals surface area (Å²) in [5.74, 6) is 0.765. The summed E-state index contributed by atoms with van der Waals surface area (Å²) in [6.07, 6.45) is 4.12. The molecule has 1 aromatic carbocycles. The van der Waals surface area contributed by atoms with Crippen molar-refractivity contribution in [3.8, 4) is 11.8 Å². The van der Waals surface area contributed by atoms with Gasteiger partial charge >= 0.3 is 6.08 Å². The Morgan fingerprint density at radius 1 is 1.36 bits per heavy atom. The highest BCUT2D eigenvalue weighted by Gasteiger charge is 2.04. The molecule has 0 saturated heterocycles. The smallest absolute Gasteiger partial charge is 0.399 e. The third kappa shape index (κ3) is 1.76. The van der Waals surface area contributed by atoms with Crippen LogP contribution in [0.25, 0.3) is 0 Å². The van der Waals surface area contributed by atoms with E-state index in [0.29, 0.717) is 0 Å². The molecule has 71 valence electrons. The number of benzene rings is 1. The summed E-state index contributed by atoms with van der Waals surface area (Å²) in [6.45, 7) is 3.98. The third-order valence-electron chi connectivity index (χ3n) is 1.91. The number of hydrogen-bond donors (Lipinski definition) is 0. The molecule has 0 N–H and O–H groups in total. The van der Waals surface area contributed by atoms with E-state index in [4.69, 9.17) is 9.15 Å². The fourth-order valence-corrected chi connectivity index (χ4v) is 1.14. The topological polar surface area (TPSA) is 35.3 Å². The van der Waals surface area contributed by atoms with Crippen LogP contribution in [0.15, 0.2) is 28.9 Å². The fourth-order valence-electron chi connectivity index (χ4n) is 1.14. The number of rotatable bonds is 2. The lowest BCUT2D eigenvalue weighted by atomic mass is 10.1. The summed E-state index contributed by atoms with van der Waals surface area (Å²) in [5.41, 5.74) is 2.19. The Morgan fingerprint density at radius 3 is 2.93 bits per heavy atom. The van der Waals surface area contributed by atoms with Gasteiger partial charge in [0.25, 0.3) is 0 Å². The van der Waals surface area contributed by atoms with Gasteiger partial charge in [-0.2, -0.15) is 4.98 Å². The summed E-state index contributed by atoms with van der Waals surface area (Å²) in [4.78, 5) is 3.77. The summed E-state index contributed by atoms with van der Waals surface area (Å²) in [7, 11) is 0. The van der Waals surface area contributed by atoms with Crippen LogP contribution in [-0.4, -0.2) is 4.98 Å². The third-order valence-corrected chi connectivity index (χ3v) is 1.91. The largest absolute Gasteiger partial charge is 0.417 e. The van der Waals surface area contributed by atoms with Crippen molar-refractivity contribution in [1.29, 1.82) is 0 Å². The van der Waals surface area contributed by atoms with Crippen LogP contribution in [0.4, 0.5) is 0 Å². The maximum Gasteiger partial charge on any atom is 0.399 e. The van der Waals surface area contributed by atoms with Gasteiger partial charge in [0.1, 0.15) is 18.2 Å². The van der Waals surface area contributed by atoms with Crippen molar-refractivity contribution in [2.45, 2.75) is 13.8 Å². The fraction of sp³-hybridized carbons (Fsp3) is 0.182. The molecule has 0 unspecified atom stereocenters. The quantitative estimate of drug-likeness (QED) is 0.726. The first-order valence-electron chi connectivity index (χ1n) is 4.32. The predicted molar refractivity (Wildman–Crippen MR) is 51.3 cm³/mol. The van der Waals surface area contributed by atoms with E-state index in [9.17, 15) is 0 Å². The van der Waals surface area contributed by atoms with Crippen LogP contribution in [-0.2, 0) is 0 Å². The van der Waals surface area contributed by atoms with Crippen LogP contribution < -0.4 is 4.74 Å². The normalized spacial score (nSPS) is 10.1. The highest BCUT2D eigenvalue weighted by atomic mass is 16.6. The van der Waals surface area contributed by atoms with E-state index in [0.717, 1.165) is 16.9 Å². The number of aromatic nitrogens is 1. The first-order chi connectivity index (χ1) is 6.75. The van der Waals surface area contributed by atoms with Crippen molar-refractivity contribution in [2.75, 3.05) is 0 Å². The molecule has 2 aromatic rings. The Kier molecular flexibility index (Phi) is 2.23. The van der Waals surface area contributed by atoms with Crippen molar-refractivity contribution >= 4 is 0 Å². The van der Waals surface area contributed by atoms with Gasteiger partial charge in [-0.3, -0.25) is 0 Å². The monoisotopic (exact) mass is 188 g/mol. The number of oxazole rings is 1. The molecule has 0 bridgehead atoms. The number of hydrogen-bond acceptors (Lipinski definition) is 3. The summed E-state index contributed by atoms with van der Waals surface area (Å²) < 4.78 is 10.4. The molecular weight excluding hydrogens is 178 g/mol. The lowest BCUT2D eigenvalue weighted by Gasteiger charge is -2.05. The Morgan fingerprint density at radius 2 is 2.21 bits per heavy atom. The maximum atomic E-state index is 5.42. The highest BCUT2D eigenvalue weighted by molar-refractivity contribution is 5.37. The van der Waals surface area contributed by atoms with E-state index < -0.39 is 0 Å². The molecular formula is C11H10NO2. The van der Waals surface area contributed by atoms with Crippen LogP contribution in [0.3, 0.4) is 0 Å². The first-order valence-corrected chi connectivity index (χ1v) is 4.32. The van der Waals surface area contributed by atoms with E-state index in [1.165, 1.54) is 6.26 Å². The zero-order valence-electron chi connectivity index (χ0n) is 8.07. The molecule has 0 fully saturated rings. The van der Waals surface area contributed by atoms with Crippen molar-refractivity contribution in [1.82, 2.24) is 4.98 Å². The van der Waals surface area contributed by atoms with Gasteiger partial charge in [0, 0.05) is 0 Å². The molecule has 0 aliphatic carbocycles. The minimum absolute atomic E-state index is 0.221. The number of ether oxygens (including phenoxy) is 1. The highest BCUT2D eigenvalue weighted by Crippen LogP contribution is 2.24. The molecule has 2 rings (SSSR count). The second-order valence-electron chi connectivity index (χ2n) is 3.11. The Balaban J connectivity index is 2.28. The second-order valence-corrected chi connectivity index (χ2v) is 3.11. The molecule has 3 heteroatoms. The van der Waals surface area contributed by atoms with E-state index in [2.05, 4.69) is 11.2 Å². The van der Waals surface area contributed by atoms with Gasteiger partial charge in [-0.05, 0) is 31.0 Å². The Labute approximate surface area is 82.3 Å². The number of aryl methyl sites for hydroxylation is 2. The maximum absolute atomic E-state index is 5.42. The van der Waals surface area contributed by atoms with Crippen molar-refractivity contribution in [3.05, 3.63) is 41.8 Å². The molecule has 0 aliphatic rings. The standard InChI is InChI=1S/C11H10NO2/c1-8-3-4-9(2)10(7-8)14-11-12-5-6-13-11/h3-4,6-7H,1-2H3. The minimum Gasteiger partial charge on any atom is -0.417 e. The van der Waals surface area contributed by atoms with Crippen LogP contribution in [0.1, 0.15) is 11.1 Å². The molecule has 0 saturated carbocycles. The molecule has 0 atom stereocenters. The van der Waals surface area contributed by atoms with Gasteiger partial charge in [0.05, 0.1) is 0 Å². The molecule has 3 nitrogen and oxygen atoms in total. The SMILES string of the molecule is Cc1ccc(C)c(Oc2n[c]co2)c1. The van der Waals surface area contributed by atoms with Crippen LogP contribution >= 0.6 is 0 Å². The van der Waals surface area contributed by atoms with Gasteiger partial charge in [0.2, 0.25) is 0 Å². The minimum atomic E-state index is 0.221. The van der Waals surface area contributed by atoms with E-state index in [1.807, 2.05) is 32.0 Å². The molecule has 0 aliphatic heterocycles. The summed E-state index contributed by atoms with van der Waals surface area (Å²) in [5, 5.41) is 0. The van der Waals surface area contributed by atoms with Gasteiger partial charge < -0.3 is 9.15 Å². The van der Waals surface area contributed by atoms with E-state index in [1.54, 1.807) is 0 Å². The van der Waals surface area contributed by atoms with Crippen LogP contribution in [0.5, 0.6) is 11.8 Å². The molecule has 1 radical (unpaired) electrons. The summed E-state index contributed by atoms with van der Waals surface area (Å²) >= 11 is 0. The number of nitrogens with zero attached hydrogens (tertiary/aromatic N) is 1. The second kappa shape index (κ2) is 3.54. The van der Waals surface area contributed by atoms with Crippen molar-refractivity contribution < 1.29 is 9.15 Å². The van der Waals surface area contributed by atoms with Crippen LogP contribution in [0, 0.1) is 20.0 Å². The zero-order valence-corrected chi connectivity index (χ0v) is 8.07. The molecule has 14 heavy (non-hydrogen) atoms. The van der Waals surface area contributed by atoms with Gasteiger partial charge in [0.15, 0.2) is 0 Å². The Hall–Kier alpha value is -1.77. The average Bonchev–Trinajstić information content (AvgIpc) is 2.64. The molecule has 0 spiro atoms.